The van der Waals surface area contributed by atoms with E-state index in [9.17, 15) is 5.11 Å². The maximum atomic E-state index is 9.45. The minimum Gasteiger partial charge on any atom is -0.508 e. The molecule has 0 saturated carbocycles. The van der Waals surface area contributed by atoms with Gasteiger partial charge in [0, 0.05) is 6.54 Å². The summed E-state index contributed by atoms with van der Waals surface area (Å²) >= 11 is 0. The highest BCUT2D eigenvalue weighted by molar-refractivity contribution is 5.27. The summed E-state index contributed by atoms with van der Waals surface area (Å²) in [5.41, 5.74) is 0.947. The van der Waals surface area contributed by atoms with Crippen molar-refractivity contribution in [2.24, 2.45) is 0 Å². The molecule has 0 saturated heterocycles. The summed E-state index contributed by atoms with van der Waals surface area (Å²) in [6, 6.07) is 6.95. The van der Waals surface area contributed by atoms with Crippen LogP contribution < -0.4 is 5.32 Å². The average molecular weight is 181 g/mol. The summed E-state index contributed by atoms with van der Waals surface area (Å²) in [6.45, 7) is 0.565. The van der Waals surface area contributed by atoms with Gasteiger partial charge in [0.15, 0.2) is 0 Å². The molecule has 3 nitrogen and oxygen atoms in total. The van der Waals surface area contributed by atoms with Crippen LogP contribution in [0.5, 0.6) is 5.75 Å². The summed E-state index contributed by atoms with van der Waals surface area (Å²) in [7, 11) is 1.80. The van der Waals surface area contributed by atoms with Crippen LogP contribution in [0.4, 0.5) is 0 Å². The second-order valence-electron chi connectivity index (χ2n) is 3.09. The maximum absolute atomic E-state index is 9.45. The molecule has 72 valence electrons. The van der Waals surface area contributed by atoms with Crippen molar-refractivity contribution in [3.8, 4) is 5.75 Å². The molecular weight excluding hydrogens is 166 g/mol. The van der Waals surface area contributed by atoms with Crippen molar-refractivity contribution in [3.63, 3.8) is 0 Å². The third-order valence-corrected chi connectivity index (χ3v) is 1.82. The van der Waals surface area contributed by atoms with Gasteiger partial charge in [-0.2, -0.15) is 0 Å². The minimum atomic E-state index is -0.396. The van der Waals surface area contributed by atoms with Crippen LogP contribution in [0.25, 0.3) is 0 Å². The summed E-state index contributed by atoms with van der Waals surface area (Å²) in [5.74, 6) is 0.245. The summed E-state index contributed by atoms with van der Waals surface area (Å²) in [6.07, 6.45) is 0.168. The lowest BCUT2D eigenvalue weighted by Gasteiger charge is -2.09. The molecule has 1 atom stereocenters. The quantitative estimate of drug-likeness (QED) is 0.634. The Morgan fingerprint density at radius 1 is 1.46 bits per heavy atom. The molecule has 13 heavy (non-hydrogen) atoms. The van der Waals surface area contributed by atoms with Crippen LogP contribution >= 0.6 is 0 Å². The van der Waals surface area contributed by atoms with Gasteiger partial charge >= 0.3 is 0 Å². The molecule has 1 rings (SSSR count). The summed E-state index contributed by atoms with van der Waals surface area (Å²) in [5, 5.41) is 21.5. The zero-order valence-electron chi connectivity index (χ0n) is 7.70. The molecule has 0 amide bonds. The number of phenolic OH excluding ortho intramolecular Hbond substituents is 1. The molecule has 0 aliphatic carbocycles. The van der Waals surface area contributed by atoms with E-state index < -0.39 is 6.10 Å². The molecule has 1 unspecified atom stereocenters. The SMILES string of the molecule is CNCC(O)Cc1cccc(O)c1. The fourth-order valence-corrected chi connectivity index (χ4v) is 1.26. The van der Waals surface area contributed by atoms with Crippen LogP contribution in [0.1, 0.15) is 5.56 Å². The van der Waals surface area contributed by atoms with Crippen molar-refractivity contribution in [2.45, 2.75) is 12.5 Å². The standard InChI is InChI=1S/C10H15NO2/c1-11-7-10(13)6-8-3-2-4-9(12)5-8/h2-5,10-13H,6-7H2,1H3. The Bertz CT molecular complexity index is 263. The fraction of sp³-hybridized carbons (Fsp3) is 0.400. The van der Waals surface area contributed by atoms with Gasteiger partial charge in [-0.15, -0.1) is 0 Å². The van der Waals surface area contributed by atoms with Crippen molar-refractivity contribution >= 4 is 0 Å². The van der Waals surface area contributed by atoms with Gasteiger partial charge in [0.1, 0.15) is 5.75 Å². The molecule has 0 spiro atoms. The number of nitrogens with one attached hydrogen (secondary N) is 1. The van der Waals surface area contributed by atoms with Gasteiger partial charge in [-0.05, 0) is 31.2 Å². The molecule has 0 bridgehead atoms. The summed E-state index contributed by atoms with van der Waals surface area (Å²) < 4.78 is 0. The van der Waals surface area contributed by atoms with E-state index in [4.69, 9.17) is 5.11 Å². The van der Waals surface area contributed by atoms with Crippen LogP contribution in [-0.2, 0) is 6.42 Å². The van der Waals surface area contributed by atoms with Crippen LogP contribution in [0.3, 0.4) is 0 Å². The minimum absolute atomic E-state index is 0.245. The van der Waals surface area contributed by atoms with Crippen molar-refractivity contribution < 1.29 is 10.2 Å². The first kappa shape index (κ1) is 10.0. The number of aliphatic hydroxyl groups is 1. The van der Waals surface area contributed by atoms with E-state index in [0.717, 1.165) is 5.56 Å². The highest BCUT2D eigenvalue weighted by Gasteiger charge is 2.03. The zero-order valence-corrected chi connectivity index (χ0v) is 7.70. The van der Waals surface area contributed by atoms with Gasteiger partial charge in [-0.1, -0.05) is 12.1 Å². The number of hydrogen-bond donors (Lipinski definition) is 3. The lowest BCUT2D eigenvalue weighted by atomic mass is 10.1. The largest absolute Gasteiger partial charge is 0.508 e. The topological polar surface area (TPSA) is 52.5 Å². The number of aromatic hydroxyl groups is 1. The normalized spacial score (nSPS) is 12.8. The fourth-order valence-electron chi connectivity index (χ4n) is 1.26. The molecule has 3 heteroatoms. The molecular formula is C10H15NO2. The van der Waals surface area contributed by atoms with E-state index in [0.29, 0.717) is 13.0 Å². The Hall–Kier alpha value is -1.06. The number of likely N-dealkylation sites (N-methyl/N-ethyl adjacent to an activating group) is 1. The Labute approximate surface area is 78.0 Å². The van der Waals surface area contributed by atoms with E-state index in [1.54, 1.807) is 25.2 Å². The van der Waals surface area contributed by atoms with E-state index >= 15 is 0 Å². The summed E-state index contributed by atoms with van der Waals surface area (Å²) in [4.78, 5) is 0. The first-order valence-corrected chi connectivity index (χ1v) is 4.33. The Kier molecular flexibility index (Phi) is 3.73. The second kappa shape index (κ2) is 4.84. The van der Waals surface area contributed by atoms with Crippen molar-refractivity contribution in [2.75, 3.05) is 13.6 Å². The molecule has 1 aromatic rings. The first-order chi connectivity index (χ1) is 6.22. The Morgan fingerprint density at radius 2 is 2.23 bits per heavy atom. The van der Waals surface area contributed by atoms with Gasteiger partial charge < -0.3 is 15.5 Å². The number of aliphatic hydroxyl groups excluding tert-OH is 1. The first-order valence-electron chi connectivity index (χ1n) is 4.33. The lowest BCUT2D eigenvalue weighted by molar-refractivity contribution is 0.174. The molecule has 0 aliphatic heterocycles. The molecule has 0 aromatic heterocycles. The predicted molar refractivity (Wildman–Crippen MR) is 51.7 cm³/mol. The smallest absolute Gasteiger partial charge is 0.115 e. The van der Waals surface area contributed by atoms with Crippen molar-refractivity contribution in [3.05, 3.63) is 29.8 Å². The van der Waals surface area contributed by atoms with E-state index in [1.165, 1.54) is 0 Å². The Morgan fingerprint density at radius 3 is 2.85 bits per heavy atom. The lowest BCUT2D eigenvalue weighted by Crippen LogP contribution is -2.25. The second-order valence-corrected chi connectivity index (χ2v) is 3.09. The predicted octanol–water partition coefficient (Wildman–Crippen LogP) is 0.515. The van der Waals surface area contributed by atoms with E-state index in [1.807, 2.05) is 6.07 Å². The van der Waals surface area contributed by atoms with E-state index in [2.05, 4.69) is 5.32 Å². The van der Waals surface area contributed by atoms with E-state index in [-0.39, 0.29) is 5.75 Å². The molecule has 3 N–H and O–H groups in total. The molecule has 1 aromatic carbocycles. The third kappa shape index (κ3) is 3.44. The van der Waals surface area contributed by atoms with Gasteiger partial charge in [-0.3, -0.25) is 0 Å². The highest BCUT2D eigenvalue weighted by Crippen LogP contribution is 2.12. The molecule has 0 heterocycles. The van der Waals surface area contributed by atoms with Crippen molar-refractivity contribution in [1.82, 2.24) is 5.32 Å². The average Bonchev–Trinajstić information content (AvgIpc) is 2.04. The molecule has 0 radical (unpaired) electrons. The van der Waals surface area contributed by atoms with Gasteiger partial charge in [0.05, 0.1) is 6.10 Å². The van der Waals surface area contributed by atoms with Gasteiger partial charge in [0.2, 0.25) is 0 Å². The van der Waals surface area contributed by atoms with Crippen LogP contribution in [-0.4, -0.2) is 29.9 Å². The van der Waals surface area contributed by atoms with Crippen LogP contribution in [0.15, 0.2) is 24.3 Å². The number of rotatable bonds is 4. The number of hydrogen-bond acceptors (Lipinski definition) is 3. The number of phenols is 1. The van der Waals surface area contributed by atoms with Gasteiger partial charge in [-0.25, -0.2) is 0 Å². The van der Waals surface area contributed by atoms with Crippen LogP contribution in [0, 0.1) is 0 Å². The van der Waals surface area contributed by atoms with Gasteiger partial charge in [0.25, 0.3) is 0 Å². The third-order valence-electron chi connectivity index (χ3n) is 1.82. The monoisotopic (exact) mass is 181 g/mol. The molecule has 0 aliphatic rings. The Balaban J connectivity index is 2.53. The van der Waals surface area contributed by atoms with Crippen LogP contribution in [0.2, 0.25) is 0 Å². The molecule has 0 fully saturated rings. The van der Waals surface area contributed by atoms with Crippen molar-refractivity contribution in [1.29, 1.82) is 0 Å². The maximum Gasteiger partial charge on any atom is 0.115 e. The zero-order chi connectivity index (χ0) is 9.68. The number of benzene rings is 1. The highest BCUT2D eigenvalue weighted by atomic mass is 16.3.